The van der Waals surface area contributed by atoms with E-state index in [-0.39, 0.29) is 0 Å². The number of rotatable bonds is 5. The smallest absolute Gasteiger partial charge is 0.0876 e. The van der Waals surface area contributed by atoms with Gasteiger partial charge in [-0.25, -0.2) is 0 Å². The fourth-order valence-corrected chi connectivity index (χ4v) is 5.62. The molecule has 1 saturated heterocycles. The molecule has 22 heavy (non-hydrogen) atoms. The maximum absolute atomic E-state index is 6.33. The Balaban J connectivity index is 1.23. The monoisotopic (exact) mass is 300 g/mol. The van der Waals surface area contributed by atoms with Gasteiger partial charge in [-0.15, -0.1) is 0 Å². The summed E-state index contributed by atoms with van der Waals surface area (Å²) in [6.45, 7) is 1.41. The molecule has 1 aliphatic heterocycles. The van der Waals surface area contributed by atoms with Gasteiger partial charge in [0, 0.05) is 7.11 Å². The molecule has 0 radical (unpaired) electrons. The molecule has 0 amide bonds. The number of fused-ring (bicyclic) bond motifs is 7. The minimum atomic E-state index is 0.459. The molecular formula is C19H24O3. The van der Waals surface area contributed by atoms with Crippen molar-refractivity contribution in [2.75, 3.05) is 7.11 Å². The van der Waals surface area contributed by atoms with Gasteiger partial charge in [0.25, 0.3) is 0 Å². The number of benzene rings is 1. The Morgan fingerprint density at radius 1 is 1.09 bits per heavy atom. The fourth-order valence-electron chi connectivity index (χ4n) is 5.62. The molecule has 3 nitrogen and oxygen atoms in total. The molecule has 118 valence electrons. The average molecular weight is 300 g/mol. The molecule has 0 spiro atoms. The lowest BCUT2D eigenvalue weighted by Gasteiger charge is -2.32. The second-order valence-corrected chi connectivity index (χ2v) is 7.61. The number of ether oxygens (including phenoxy) is 3. The van der Waals surface area contributed by atoms with Crippen LogP contribution in [-0.4, -0.2) is 25.4 Å². The maximum Gasteiger partial charge on any atom is 0.0876 e. The van der Waals surface area contributed by atoms with Crippen molar-refractivity contribution in [3.8, 4) is 0 Å². The van der Waals surface area contributed by atoms with Gasteiger partial charge in [0.2, 0.25) is 0 Å². The first kappa shape index (κ1) is 13.5. The van der Waals surface area contributed by atoms with Crippen molar-refractivity contribution < 1.29 is 14.2 Å². The summed E-state index contributed by atoms with van der Waals surface area (Å²) in [4.78, 5) is 0. The van der Waals surface area contributed by atoms with Crippen LogP contribution in [0, 0.1) is 23.7 Å². The van der Waals surface area contributed by atoms with Crippen molar-refractivity contribution in [2.24, 2.45) is 23.7 Å². The van der Waals surface area contributed by atoms with Gasteiger partial charge in [0.15, 0.2) is 0 Å². The van der Waals surface area contributed by atoms with Crippen molar-refractivity contribution in [3.63, 3.8) is 0 Å². The van der Waals surface area contributed by atoms with Crippen LogP contribution in [0.25, 0.3) is 0 Å². The summed E-state index contributed by atoms with van der Waals surface area (Å²) < 4.78 is 17.3. The molecule has 2 bridgehead atoms. The van der Waals surface area contributed by atoms with Crippen LogP contribution in [0.1, 0.15) is 30.4 Å². The zero-order valence-corrected chi connectivity index (χ0v) is 13.1. The molecule has 3 saturated carbocycles. The highest BCUT2D eigenvalue weighted by molar-refractivity contribution is 5.22. The second-order valence-electron chi connectivity index (χ2n) is 7.61. The van der Waals surface area contributed by atoms with Crippen LogP contribution in [0.3, 0.4) is 0 Å². The summed E-state index contributed by atoms with van der Waals surface area (Å²) in [5.41, 5.74) is 2.49. The second kappa shape index (κ2) is 5.05. The highest BCUT2D eigenvalue weighted by Gasteiger charge is 2.66. The van der Waals surface area contributed by atoms with Crippen molar-refractivity contribution in [3.05, 3.63) is 35.4 Å². The average Bonchev–Trinajstić information content (AvgIpc) is 2.90. The molecule has 3 aliphatic carbocycles. The molecule has 7 unspecified atom stereocenters. The first-order valence-corrected chi connectivity index (χ1v) is 8.67. The van der Waals surface area contributed by atoms with Crippen LogP contribution in [0.15, 0.2) is 24.3 Å². The van der Waals surface area contributed by atoms with Crippen LogP contribution in [-0.2, 0) is 27.4 Å². The first-order chi connectivity index (χ1) is 10.8. The van der Waals surface area contributed by atoms with Gasteiger partial charge in [0.05, 0.1) is 31.5 Å². The van der Waals surface area contributed by atoms with Crippen LogP contribution < -0.4 is 0 Å². The number of methoxy groups -OCH3 is 1. The third-order valence-electron chi connectivity index (χ3n) is 6.45. The first-order valence-electron chi connectivity index (χ1n) is 8.67. The van der Waals surface area contributed by atoms with Gasteiger partial charge < -0.3 is 14.2 Å². The van der Waals surface area contributed by atoms with Crippen LogP contribution in [0.2, 0.25) is 0 Å². The van der Waals surface area contributed by atoms with E-state index in [2.05, 4.69) is 24.3 Å². The van der Waals surface area contributed by atoms with E-state index in [4.69, 9.17) is 14.2 Å². The predicted octanol–water partition coefficient (Wildman–Crippen LogP) is 3.16. The minimum Gasteiger partial charge on any atom is -0.380 e. The van der Waals surface area contributed by atoms with Gasteiger partial charge in [0.1, 0.15) is 0 Å². The Labute approximate surface area is 131 Å². The topological polar surface area (TPSA) is 31.0 Å². The van der Waals surface area contributed by atoms with Gasteiger partial charge in [-0.2, -0.15) is 0 Å². The normalized spacial score (nSPS) is 44.1. The lowest BCUT2D eigenvalue weighted by Crippen LogP contribution is -2.33. The molecule has 0 aromatic heterocycles. The summed E-state index contributed by atoms with van der Waals surface area (Å²) in [7, 11) is 1.74. The Bertz CT molecular complexity index is 572. The van der Waals surface area contributed by atoms with E-state index in [1.54, 1.807) is 7.11 Å². The van der Waals surface area contributed by atoms with Crippen molar-refractivity contribution in [1.82, 2.24) is 0 Å². The molecule has 1 aromatic rings. The molecular weight excluding hydrogens is 276 g/mol. The van der Waals surface area contributed by atoms with E-state index in [1.165, 1.54) is 30.4 Å². The van der Waals surface area contributed by atoms with Gasteiger partial charge in [-0.3, -0.25) is 0 Å². The van der Waals surface area contributed by atoms with Crippen molar-refractivity contribution in [1.29, 1.82) is 0 Å². The molecule has 7 atom stereocenters. The van der Waals surface area contributed by atoms with Crippen molar-refractivity contribution in [2.45, 2.75) is 50.8 Å². The molecule has 3 heteroatoms. The molecule has 1 aromatic carbocycles. The minimum absolute atomic E-state index is 0.459. The van der Waals surface area contributed by atoms with Crippen LogP contribution in [0.5, 0.6) is 0 Å². The van der Waals surface area contributed by atoms with E-state index >= 15 is 0 Å². The summed E-state index contributed by atoms with van der Waals surface area (Å²) in [5, 5.41) is 0. The molecule has 0 N–H and O–H groups in total. The number of hydrogen-bond donors (Lipinski definition) is 0. The van der Waals surface area contributed by atoms with Crippen molar-refractivity contribution >= 4 is 0 Å². The van der Waals surface area contributed by atoms with Gasteiger partial charge >= 0.3 is 0 Å². The number of epoxide rings is 1. The Morgan fingerprint density at radius 2 is 1.95 bits per heavy atom. The highest BCUT2D eigenvalue weighted by Crippen LogP contribution is 2.64. The molecule has 4 aliphatic rings. The Morgan fingerprint density at radius 3 is 2.82 bits per heavy atom. The largest absolute Gasteiger partial charge is 0.380 e. The quantitative estimate of drug-likeness (QED) is 0.783. The van der Waals surface area contributed by atoms with E-state index in [0.717, 1.165) is 30.3 Å². The fraction of sp³-hybridized carbons (Fsp3) is 0.684. The summed E-state index contributed by atoms with van der Waals surface area (Å²) >= 11 is 0. The van der Waals surface area contributed by atoms with E-state index in [1.807, 2.05) is 0 Å². The van der Waals surface area contributed by atoms with Crippen LogP contribution in [0.4, 0.5) is 0 Å². The predicted molar refractivity (Wildman–Crippen MR) is 82.2 cm³/mol. The zero-order valence-electron chi connectivity index (χ0n) is 13.1. The van der Waals surface area contributed by atoms with Gasteiger partial charge in [-0.1, -0.05) is 24.3 Å². The third kappa shape index (κ3) is 2.06. The van der Waals surface area contributed by atoms with E-state index in [0.29, 0.717) is 24.9 Å². The Kier molecular flexibility index (Phi) is 3.11. The van der Waals surface area contributed by atoms with Gasteiger partial charge in [-0.05, 0) is 54.1 Å². The van der Waals surface area contributed by atoms with E-state index < -0.39 is 0 Å². The lowest BCUT2D eigenvalue weighted by molar-refractivity contribution is -0.0314. The molecule has 5 rings (SSSR count). The Hall–Kier alpha value is -0.900. The highest BCUT2D eigenvalue weighted by atomic mass is 16.6. The maximum atomic E-state index is 6.33. The third-order valence-corrected chi connectivity index (χ3v) is 6.45. The molecule has 1 heterocycles. The lowest BCUT2D eigenvalue weighted by atomic mass is 9.79. The van der Waals surface area contributed by atoms with Crippen LogP contribution >= 0.6 is 0 Å². The molecule has 4 fully saturated rings. The standard InChI is InChI=1S/C19H24O3/c1-20-9-11-3-2-4-12(5-11)10-21-16-7-13-6-15(16)18-14(13)8-17-19(18)22-17/h2-5,13-19H,6-10H2,1H3. The zero-order chi connectivity index (χ0) is 14.7. The SMILES string of the molecule is COCc1cccc(COC2CC3CC2C2C3CC3OC32)c1. The number of hydrogen-bond acceptors (Lipinski definition) is 3. The van der Waals surface area contributed by atoms with E-state index in [9.17, 15) is 0 Å². The summed E-state index contributed by atoms with van der Waals surface area (Å²) in [6, 6.07) is 8.57. The summed E-state index contributed by atoms with van der Waals surface area (Å²) in [6.07, 6.45) is 5.67. The summed E-state index contributed by atoms with van der Waals surface area (Å²) in [5.74, 6) is 3.44.